The summed E-state index contributed by atoms with van der Waals surface area (Å²) in [6.45, 7) is 4.39. The van der Waals surface area contributed by atoms with Crippen LogP contribution in [0.25, 0.3) is 0 Å². The lowest BCUT2D eigenvalue weighted by atomic mass is 9.95. The number of nitrogens with one attached hydrogen (secondary N) is 2. The molecule has 23 heavy (non-hydrogen) atoms. The highest BCUT2D eigenvalue weighted by Crippen LogP contribution is 2.15. The standard InChI is InChI=1S/C16H23N5O2/c1-3-16(2,8-11-22)20-15(23)19-14-7-10-18-21(14)12-13-6-4-5-9-17-13/h4-7,9-10,22H,3,8,11-12H2,1-2H3,(H2,19,20,23). The van der Waals surface area contributed by atoms with E-state index in [9.17, 15) is 4.79 Å². The lowest BCUT2D eigenvalue weighted by molar-refractivity contribution is 0.208. The number of hydrogen-bond acceptors (Lipinski definition) is 4. The fraction of sp³-hybridized carbons (Fsp3) is 0.438. The summed E-state index contributed by atoms with van der Waals surface area (Å²) < 4.78 is 1.68. The Balaban J connectivity index is 2.01. The molecule has 2 heterocycles. The molecular formula is C16H23N5O2. The van der Waals surface area contributed by atoms with Crippen molar-refractivity contribution in [2.75, 3.05) is 11.9 Å². The van der Waals surface area contributed by atoms with Crippen LogP contribution >= 0.6 is 0 Å². The number of rotatable bonds is 7. The van der Waals surface area contributed by atoms with Crippen LogP contribution < -0.4 is 10.6 Å². The van der Waals surface area contributed by atoms with E-state index in [2.05, 4.69) is 20.7 Å². The Morgan fingerprint density at radius 1 is 1.35 bits per heavy atom. The number of aliphatic hydroxyl groups excluding tert-OH is 1. The van der Waals surface area contributed by atoms with Gasteiger partial charge in [-0.2, -0.15) is 5.10 Å². The molecule has 0 radical (unpaired) electrons. The second-order valence-corrected chi connectivity index (χ2v) is 5.66. The Hall–Kier alpha value is -2.41. The summed E-state index contributed by atoms with van der Waals surface area (Å²) in [6.07, 6.45) is 4.59. The van der Waals surface area contributed by atoms with E-state index in [-0.39, 0.29) is 12.6 Å². The lowest BCUT2D eigenvalue weighted by Gasteiger charge is -2.29. The number of aromatic nitrogens is 3. The highest BCUT2D eigenvalue weighted by atomic mass is 16.3. The SMILES string of the molecule is CCC(C)(CCO)NC(=O)Nc1ccnn1Cc1ccccn1. The molecule has 7 nitrogen and oxygen atoms in total. The van der Waals surface area contributed by atoms with Gasteiger partial charge in [-0.25, -0.2) is 9.48 Å². The first-order valence-electron chi connectivity index (χ1n) is 7.68. The van der Waals surface area contributed by atoms with Gasteiger partial charge in [-0.3, -0.25) is 10.3 Å². The van der Waals surface area contributed by atoms with E-state index in [0.717, 1.165) is 12.1 Å². The molecule has 0 saturated carbocycles. The van der Waals surface area contributed by atoms with E-state index < -0.39 is 5.54 Å². The van der Waals surface area contributed by atoms with Crippen LogP contribution in [0.5, 0.6) is 0 Å². The van der Waals surface area contributed by atoms with Crippen molar-refractivity contribution in [3.63, 3.8) is 0 Å². The summed E-state index contributed by atoms with van der Waals surface area (Å²) in [6, 6.07) is 7.09. The third-order valence-corrected chi connectivity index (χ3v) is 3.86. The molecule has 1 atom stereocenters. The maximum Gasteiger partial charge on any atom is 0.320 e. The fourth-order valence-electron chi connectivity index (χ4n) is 2.21. The van der Waals surface area contributed by atoms with E-state index in [4.69, 9.17) is 5.11 Å². The van der Waals surface area contributed by atoms with E-state index in [0.29, 0.717) is 18.8 Å². The quantitative estimate of drug-likeness (QED) is 0.728. The molecule has 2 aromatic heterocycles. The van der Waals surface area contributed by atoms with E-state index in [1.165, 1.54) is 0 Å². The van der Waals surface area contributed by atoms with Crippen LogP contribution in [0.1, 0.15) is 32.4 Å². The predicted molar refractivity (Wildman–Crippen MR) is 88.1 cm³/mol. The summed E-state index contributed by atoms with van der Waals surface area (Å²) in [7, 11) is 0. The Morgan fingerprint density at radius 2 is 2.17 bits per heavy atom. The van der Waals surface area contributed by atoms with Crippen molar-refractivity contribution in [3.8, 4) is 0 Å². The maximum absolute atomic E-state index is 12.2. The van der Waals surface area contributed by atoms with Crippen molar-refractivity contribution in [2.45, 2.75) is 38.8 Å². The van der Waals surface area contributed by atoms with Gasteiger partial charge in [0.05, 0.1) is 18.4 Å². The minimum absolute atomic E-state index is 0.0300. The zero-order chi connectivity index (χ0) is 16.7. The van der Waals surface area contributed by atoms with Gasteiger partial charge in [-0.1, -0.05) is 13.0 Å². The minimum Gasteiger partial charge on any atom is -0.396 e. The largest absolute Gasteiger partial charge is 0.396 e. The van der Waals surface area contributed by atoms with Gasteiger partial charge < -0.3 is 10.4 Å². The molecule has 0 fully saturated rings. The molecule has 0 saturated heterocycles. The molecule has 2 aromatic rings. The highest BCUT2D eigenvalue weighted by molar-refractivity contribution is 5.88. The number of nitrogens with zero attached hydrogens (tertiary/aromatic N) is 3. The third-order valence-electron chi connectivity index (χ3n) is 3.86. The lowest BCUT2D eigenvalue weighted by Crippen LogP contribution is -2.48. The minimum atomic E-state index is -0.440. The molecule has 0 aliphatic rings. The van der Waals surface area contributed by atoms with Crippen LogP contribution in [0.2, 0.25) is 0 Å². The van der Waals surface area contributed by atoms with Crippen LogP contribution in [0.3, 0.4) is 0 Å². The van der Waals surface area contributed by atoms with Gasteiger partial charge in [0, 0.05) is 24.4 Å². The molecule has 3 N–H and O–H groups in total. The van der Waals surface area contributed by atoms with E-state index >= 15 is 0 Å². The molecule has 0 aliphatic heterocycles. The van der Waals surface area contributed by atoms with Crippen LogP contribution in [0, 0.1) is 0 Å². The van der Waals surface area contributed by atoms with Crippen molar-refractivity contribution < 1.29 is 9.90 Å². The van der Waals surface area contributed by atoms with Crippen molar-refractivity contribution in [1.29, 1.82) is 0 Å². The number of anilines is 1. The van der Waals surface area contributed by atoms with Gasteiger partial charge in [0.25, 0.3) is 0 Å². The van der Waals surface area contributed by atoms with Gasteiger partial charge in [0.2, 0.25) is 0 Å². The summed E-state index contributed by atoms with van der Waals surface area (Å²) in [5.74, 6) is 0.593. The summed E-state index contributed by atoms with van der Waals surface area (Å²) in [5, 5.41) is 19.0. The predicted octanol–water partition coefficient (Wildman–Crippen LogP) is 2.00. The molecule has 2 amide bonds. The van der Waals surface area contributed by atoms with Crippen molar-refractivity contribution in [2.24, 2.45) is 0 Å². The van der Waals surface area contributed by atoms with Gasteiger partial charge in [-0.15, -0.1) is 0 Å². The highest BCUT2D eigenvalue weighted by Gasteiger charge is 2.24. The number of pyridine rings is 1. The molecule has 0 spiro atoms. The molecule has 0 aromatic carbocycles. The Labute approximate surface area is 135 Å². The summed E-state index contributed by atoms with van der Waals surface area (Å²) >= 11 is 0. The molecule has 0 bridgehead atoms. The van der Waals surface area contributed by atoms with Crippen molar-refractivity contribution in [1.82, 2.24) is 20.1 Å². The summed E-state index contributed by atoms with van der Waals surface area (Å²) in [4.78, 5) is 16.5. The van der Waals surface area contributed by atoms with Crippen LogP contribution in [0.15, 0.2) is 36.7 Å². The molecule has 2 rings (SSSR count). The zero-order valence-electron chi connectivity index (χ0n) is 13.5. The fourth-order valence-corrected chi connectivity index (χ4v) is 2.21. The third kappa shape index (κ3) is 4.79. The number of amides is 2. The summed E-state index contributed by atoms with van der Waals surface area (Å²) in [5.41, 5.74) is 0.420. The van der Waals surface area contributed by atoms with Crippen molar-refractivity contribution >= 4 is 11.8 Å². The Bertz CT molecular complexity index is 628. The molecule has 0 aliphatic carbocycles. The number of carbonyl (C=O) groups excluding carboxylic acids is 1. The first-order chi connectivity index (χ1) is 11.1. The van der Waals surface area contributed by atoms with Gasteiger partial charge in [0.1, 0.15) is 5.82 Å². The van der Waals surface area contributed by atoms with Gasteiger partial charge in [-0.05, 0) is 31.9 Å². The first-order valence-corrected chi connectivity index (χ1v) is 7.68. The van der Waals surface area contributed by atoms with Crippen LogP contribution in [-0.2, 0) is 6.54 Å². The molecule has 7 heteroatoms. The second-order valence-electron chi connectivity index (χ2n) is 5.66. The number of carbonyl (C=O) groups is 1. The normalized spacial score (nSPS) is 13.3. The Morgan fingerprint density at radius 3 is 2.83 bits per heavy atom. The monoisotopic (exact) mass is 317 g/mol. The average molecular weight is 317 g/mol. The Kier molecular flexibility index (Phi) is 5.70. The zero-order valence-corrected chi connectivity index (χ0v) is 13.5. The van der Waals surface area contributed by atoms with E-state index in [1.54, 1.807) is 23.1 Å². The smallest absolute Gasteiger partial charge is 0.320 e. The number of aliphatic hydroxyl groups is 1. The van der Waals surface area contributed by atoms with Crippen LogP contribution in [0.4, 0.5) is 10.6 Å². The van der Waals surface area contributed by atoms with E-state index in [1.807, 2.05) is 32.0 Å². The maximum atomic E-state index is 12.2. The van der Waals surface area contributed by atoms with Gasteiger partial charge >= 0.3 is 6.03 Å². The number of urea groups is 1. The molecular weight excluding hydrogens is 294 g/mol. The first kappa shape index (κ1) is 17.0. The topological polar surface area (TPSA) is 92.1 Å². The second kappa shape index (κ2) is 7.73. The number of hydrogen-bond donors (Lipinski definition) is 3. The van der Waals surface area contributed by atoms with Gasteiger partial charge in [0.15, 0.2) is 0 Å². The molecule has 1 unspecified atom stereocenters. The van der Waals surface area contributed by atoms with Crippen LogP contribution in [-0.4, -0.2) is 38.0 Å². The molecule has 124 valence electrons. The van der Waals surface area contributed by atoms with Crippen molar-refractivity contribution in [3.05, 3.63) is 42.4 Å². The average Bonchev–Trinajstić information content (AvgIpc) is 2.95.